The molecule has 84 valence electrons. The van der Waals surface area contributed by atoms with E-state index in [-0.39, 0.29) is 0 Å². The number of hydrogen-bond donors (Lipinski definition) is 0. The van der Waals surface area contributed by atoms with Crippen LogP contribution in [-0.2, 0) is 0 Å². The molecule has 0 radical (unpaired) electrons. The summed E-state index contributed by atoms with van der Waals surface area (Å²) in [6.07, 6.45) is 8.12. The van der Waals surface area contributed by atoms with E-state index in [1.165, 1.54) is 44.1 Å². The summed E-state index contributed by atoms with van der Waals surface area (Å²) in [5.41, 5.74) is 5.03. The van der Waals surface area contributed by atoms with Gasteiger partial charge in [0.1, 0.15) is 0 Å². The molecule has 2 saturated carbocycles. The predicted octanol–water partition coefficient (Wildman–Crippen LogP) is 5.09. The summed E-state index contributed by atoms with van der Waals surface area (Å²) in [6.45, 7) is 0. The highest BCUT2D eigenvalue weighted by atomic mass is 35.5. The lowest BCUT2D eigenvalue weighted by Gasteiger charge is -2.24. The molecule has 2 fully saturated rings. The topological polar surface area (TPSA) is 0 Å². The van der Waals surface area contributed by atoms with Gasteiger partial charge in [0.25, 0.3) is 0 Å². The SMILES string of the molecule is Clc1ccc(C2CCC(=C3CC3)CC2)cc1. The Morgan fingerprint density at radius 1 is 0.812 bits per heavy atom. The lowest BCUT2D eigenvalue weighted by Crippen LogP contribution is -2.06. The van der Waals surface area contributed by atoms with E-state index in [9.17, 15) is 0 Å². The van der Waals surface area contributed by atoms with E-state index in [0.29, 0.717) is 0 Å². The molecule has 0 N–H and O–H groups in total. The molecular weight excluding hydrogens is 216 g/mol. The van der Waals surface area contributed by atoms with Crippen molar-refractivity contribution in [1.29, 1.82) is 0 Å². The third-order valence-electron chi connectivity index (χ3n) is 3.93. The fraction of sp³-hybridized carbons (Fsp3) is 0.467. The molecule has 0 spiro atoms. The van der Waals surface area contributed by atoms with Gasteiger partial charge in [-0.3, -0.25) is 0 Å². The Morgan fingerprint density at radius 2 is 1.38 bits per heavy atom. The van der Waals surface area contributed by atoms with Crippen LogP contribution < -0.4 is 0 Å². The monoisotopic (exact) mass is 232 g/mol. The Hall–Kier alpha value is -0.750. The maximum Gasteiger partial charge on any atom is 0.0406 e. The fourth-order valence-electron chi connectivity index (χ4n) is 2.80. The van der Waals surface area contributed by atoms with E-state index in [1.54, 1.807) is 11.1 Å². The van der Waals surface area contributed by atoms with Crippen LogP contribution in [0.5, 0.6) is 0 Å². The van der Waals surface area contributed by atoms with E-state index in [1.807, 2.05) is 12.1 Å². The van der Waals surface area contributed by atoms with Crippen LogP contribution in [0.3, 0.4) is 0 Å². The maximum atomic E-state index is 5.92. The average Bonchev–Trinajstić information content (AvgIpc) is 3.14. The van der Waals surface area contributed by atoms with Crippen molar-refractivity contribution in [3.8, 4) is 0 Å². The Morgan fingerprint density at radius 3 is 1.94 bits per heavy atom. The molecule has 2 aliphatic rings. The molecule has 2 aliphatic carbocycles. The molecule has 0 amide bonds. The van der Waals surface area contributed by atoms with Crippen LogP contribution in [0, 0.1) is 0 Å². The second kappa shape index (κ2) is 4.25. The number of rotatable bonds is 1. The molecule has 0 atom stereocenters. The highest BCUT2D eigenvalue weighted by molar-refractivity contribution is 6.30. The highest BCUT2D eigenvalue weighted by Crippen LogP contribution is 2.42. The molecular formula is C15H17Cl. The van der Waals surface area contributed by atoms with E-state index in [4.69, 9.17) is 11.6 Å². The van der Waals surface area contributed by atoms with Gasteiger partial charge in [-0.15, -0.1) is 0 Å². The average molecular weight is 233 g/mol. The molecule has 0 unspecified atom stereocenters. The van der Waals surface area contributed by atoms with Crippen molar-refractivity contribution >= 4 is 11.6 Å². The zero-order valence-electron chi connectivity index (χ0n) is 9.51. The Balaban J connectivity index is 1.69. The fourth-order valence-corrected chi connectivity index (χ4v) is 2.93. The summed E-state index contributed by atoms with van der Waals surface area (Å²) in [6, 6.07) is 8.43. The van der Waals surface area contributed by atoms with Crippen molar-refractivity contribution in [2.45, 2.75) is 44.4 Å². The molecule has 16 heavy (non-hydrogen) atoms. The minimum Gasteiger partial charge on any atom is -0.0843 e. The van der Waals surface area contributed by atoms with Crippen molar-refractivity contribution in [1.82, 2.24) is 0 Å². The van der Waals surface area contributed by atoms with Crippen molar-refractivity contribution in [3.05, 3.63) is 46.0 Å². The minimum absolute atomic E-state index is 0.764. The number of benzene rings is 1. The molecule has 0 aromatic heterocycles. The van der Waals surface area contributed by atoms with Gasteiger partial charge < -0.3 is 0 Å². The molecule has 1 aromatic rings. The lowest BCUT2D eigenvalue weighted by atomic mass is 9.81. The summed E-state index contributed by atoms with van der Waals surface area (Å²) >= 11 is 5.92. The first kappa shape index (κ1) is 10.4. The van der Waals surface area contributed by atoms with Crippen LogP contribution in [0.15, 0.2) is 35.4 Å². The van der Waals surface area contributed by atoms with Crippen LogP contribution in [0.25, 0.3) is 0 Å². The van der Waals surface area contributed by atoms with E-state index in [2.05, 4.69) is 12.1 Å². The van der Waals surface area contributed by atoms with Crippen LogP contribution >= 0.6 is 11.6 Å². The number of allylic oxidation sites excluding steroid dienone is 2. The normalized spacial score (nSPS) is 24.7. The van der Waals surface area contributed by atoms with Crippen LogP contribution in [0.2, 0.25) is 5.02 Å². The van der Waals surface area contributed by atoms with Gasteiger partial charge in [-0.05, 0) is 62.1 Å². The molecule has 0 bridgehead atoms. The van der Waals surface area contributed by atoms with Gasteiger partial charge in [-0.1, -0.05) is 34.9 Å². The summed E-state index contributed by atoms with van der Waals surface area (Å²) in [4.78, 5) is 0. The molecule has 0 aliphatic heterocycles. The number of hydrogen-bond acceptors (Lipinski definition) is 0. The van der Waals surface area contributed by atoms with Crippen LogP contribution in [0.4, 0.5) is 0 Å². The largest absolute Gasteiger partial charge is 0.0843 e. The molecule has 0 saturated heterocycles. The third-order valence-corrected chi connectivity index (χ3v) is 4.18. The zero-order valence-corrected chi connectivity index (χ0v) is 10.3. The molecule has 0 nitrogen and oxygen atoms in total. The first-order valence-corrected chi connectivity index (χ1v) is 6.66. The van der Waals surface area contributed by atoms with E-state index >= 15 is 0 Å². The van der Waals surface area contributed by atoms with Gasteiger partial charge in [0.05, 0.1) is 0 Å². The number of halogens is 1. The summed E-state index contributed by atoms with van der Waals surface area (Å²) in [5, 5.41) is 0.848. The standard InChI is InChI=1S/C15H17Cl/c16-15-9-7-14(8-10-15)13-5-3-12(4-6-13)11-1-2-11/h7-10,13H,1-6H2. The molecule has 1 aromatic carbocycles. The Labute approximate surface area is 102 Å². The molecule has 3 rings (SSSR count). The van der Waals surface area contributed by atoms with Gasteiger partial charge in [-0.2, -0.15) is 0 Å². The lowest BCUT2D eigenvalue weighted by molar-refractivity contribution is 0.515. The van der Waals surface area contributed by atoms with Crippen molar-refractivity contribution in [3.63, 3.8) is 0 Å². The maximum absolute atomic E-state index is 5.92. The van der Waals surface area contributed by atoms with Crippen LogP contribution in [0.1, 0.15) is 50.0 Å². The molecule has 1 heteroatoms. The van der Waals surface area contributed by atoms with Crippen LogP contribution in [-0.4, -0.2) is 0 Å². The third kappa shape index (κ3) is 2.17. The summed E-state index contributed by atoms with van der Waals surface area (Å²) < 4.78 is 0. The summed E-state index contributed by atoms with van der Waals surface area (Å²) in [7, 11) is 0. The first-order chi connectivity index (χ1) is 7.83. The Kier molecular flexibility index (Phi) is 2.77. The zero-order chi connectivity index (χ0) is 11.0. The smallest absolute Gasteiger partial charge is 0.0406 e. The second-order valence-electron chi connectivity index (χ2n) is 5.03. The van der Waals surface area contributed by atoms with E-state index < -0.39 is 0 Å². The van der Waals surface area contributed by atoms with Gasteiger partial charge in [-0.25, -0.2) is 0 Å². The van der Waals surface area contributed by atoms with Gasteiger partial charge in [0.2, 0.25) is 0 Å². The highest BCUT2D eigenvalue weighted by Gasteiger charge is 2.23. The van der Waals surface area contributed by atoms with Gasteiger partial charge in [0, 0.05) is 5.02 Å². The van der Waals surface area contributed by atoms with Crippen molar-refractivity contribution < 1.29 is 0 Å². The van der Waals surface area contributed by atoms with Gasteiger partial charge >= 0.3 is 0 Å². The van der Waals surface area contributed by atoms with Crippen molar-refractivity contribution in [2.24, 2.45) is 0 Å². The predicted molar refractivity (Wildman–Crippen MR) is 68.9 cm³/mol. The second-order valence-corrected chi connectivity index (χ2v) is 5.47. The summed E-state index contributed by atoms with van der Waals surface area (Å²) in [5.74, 6) is 0.764. The van der Waals surface area contributed by atoms with Gasteiger partial charge in [0.15, 0.2) is 0 Å². The minimum atomic E-state index is 0.764. The Bertz CT molecular complexity index is 398. The first-order valence-electron chi connectivity index (χ1n) is 6.28. The molecule has 0 heterocycles. The van der Waals surface area contributed by atoms with E-state index in [0.717, 1.165) is 10.9 Å². The quantitative estimate of drug-likeness (QED) is 0.592. The van der Waals surface area contributed by atoms with Crippen molar-refractivity contribution in [2.75, 3.05) is 0 Å².